The van der Waals surface area contributed by atoms with E-state index in [9.17, 15) is 49.2 Å². The molecule has 3 saturated heterocycles. The zero-order valence-corrected chi connectivity index (χ0v) is 29.2. The maximum atomic E-state index is 13.5. The van der Waals surface area contributed by atoms with Crippen LogP contribution in [0, 0.1) is 0 Å². The minimum Gasteiger partial charge on any atom is -0.504 e. The van der Waals surface area contributed by atoms with Gasteiger partial charge in [0.15, 0.2) is 22.3 Å². The third-order valence-electron chi connectivity index (χ3n) is 7.93. The van der Waals surface area contributed by atoms with Crippen molar-refractivity contribution in [3.63, 3.8) is 0 Å². The number of benzene rings is 1. The molecule has 0 radical (unpaired) electrons. The third-order valence-corrected chi connectivity index (χ3v) is 10.6. The number of carbonyl (C=O) groups is 6. The number of carbonyl (C=O) groups excluding carboxylic acids is 4. The molecule has 5 rings (SSSR count). The molecule has 2 aromatic rings. The van der Waals surface area contributed by atoms with Crippen molar-refractivity contribution in [2.75, 3.05) is 25.4 Å². The Balaban J connectivity index is 1.27. The van der Waals surface area contributed by atoms with E-state index in [4.69, 9.17) is 22.2 Å². The van der Waals surface area contributed by atoms with Gasteiger partial charge >= 0.3 is 18.0 Å². The Kier molecular flexibility index (Phi) is 9.96. The Morgan fingerprint density at radius 2 is 1.94 bits per heavy atom. The summed E-state index contributed by atoms with van der Waals surface area (Å²) in [4.78, 5) is 86.4. The van der Waals surface area contributed by atoms with Gasteiger partial charge < -0.3 is 46.5 Å². The molecule has 1 aromatic heterocycles. The molecule has 3 aliphatic heterocycles. The van der Waals surface area contributed by atoms with Gasteiger partial charge in [-0.3, -0.25) is 19.3 Å². The summed E-state index contributed by atoms with van der Waals surface area (Å²) in [6, 6.07) is -0.483. The second-order valence-corrected chi connectivity index (χ2v) is 14.5. The van der Waals surface area contributed by atoms with E-state index >= 15 is 0 Å². The number of fused-ring (bicyclic) bond motifs is 1. The van der Waals surface area contributed by atoms with Crippen LogP contribution in [-0.2, 0) is 24.0 Å². The van der Waals surface area contributed by atoms with Crippen LogP contribution in [0.1, 0.15) is 36.8 Å². The number of thioether (sulfide) groups is 1. The number of oxime groups is 1. The number of nitrogens with two attached hydrogens (primary N) is 1. The van der Waals surface area contributed by atoms with Crippen molar-refractivity contribution >= 4 is 87.4 Å². The fourth-order valence-corrected chi connectivity index (χ4v) is 7.73. The minimum absolute atomic E-state index is 0.0431. The van der Waals surface area contributed by atoms with E-state index in [1.807, 2.05) is 0 Å². The number of aromatic nitrogens is 1. The van der Waals surface area contributed by atoms with Gasteiger partial charge in [-0.05, 0) is 32.9 Å². The molecule has 4 atom stereocenters. The molecule has 0 aliphatic carbocycles. The first-order valence-electron chi connectivity index (χ1n) is 14.7. The van der Waals surface area contributed by atoms with E-state index in [0.29, 0.717) is 0 Å². The molecule has 23 heteroatoms. The molecule has 1 aromatic carbocycles. The number of halogens is 1. The zero-order chi connectivity index (χ0) is 37.6. The number of aliphatic carboxylic acids is 2. The summed E-state index contributed by atoms with van der Waals surface area (Å²) >= 11 is 7.65. The first-order chi connectivity index (χ1) is 23.9. The quantitative estimate of drug-likeness (QED) is 0.0653. The van der Waals surface area contributed by atoms with Crippen LogP contribution in [0.5, 0.6) is 11.5 Å². The number of amides is 5. The van der Waals surface area contributed by atoms with Gasteiger partial charge in [-0.15, -0.1) is 11.3 Å². The average molecular weight is 768 g/mol. The zero-order valence-electron chi connectivity index (χ0n) is 26.8. The number of hydrogen-bond donors (Lipinski definition) is 7. The maximum absolute atomic E-state index is 13.5. The lowest BCUT2D eigenvalue weighted by atomic mass is 10.0. The Hall–Kier alpha value is -5.35. The second kappa shape index (κ2) is 13.8. The molecule has 0 saturated carbocycles. The largest absolute Gasteiger partial charge is 0.504 e. The van der Waals surface area contributed by atoms with Crippen molar-refractivity contribution in [3.05, 3.63) is 33.8 Å². The average Bonchev–Trinajstić information content (AvgIpc) is 3.74. The number of nitrogens with zero attached hydrogens (tertiary/aromatic N) is 6. The number of phenols is 2. The monoisotopic (exact) mass is 767 g/mol. The lowest BCUT2D eigenvalue weighted by molar-refractivity contribution is -0.161. The number of β-lactam (4-membered cyclic amide) rings is 1. The summed E-state index contributed by atoms with van der Waals surface area (Å²) in [6.07, 6.45) is 1.19. The molecule has 8 N–H and O–H groups in total. The van der Waals surface area contributed by atoms with Crippen molar-refractivity contribution in [1.82, 2.24) is 30.4 Å². The Bertz CT molecular complexity index is 1890. The number of nitrogen functional groups attached to an aromatic ring is 1. The molecule has 3 fully saturated rings. The van der Waals surface area contributed by atoms with Crippen molar-refractivity contribution < 1.29 is 54.0 Å². The molecule has 51 heavy (non-hydrogen) atoms. The minimum atomic E-state index is -1.97. The number of hydrazone groups is 1. The van der Waals surface area contributed by atoms with Crippen LogP contribution in [0.25, 0.3) is 0 Å². The topological polar surface area (TPSA) is 290 Å². The van der Waals surface area contributed by atoms with Gasteiger partial charge in [0, 0.05) is 11.6 Å². The Morgan fingerprint density at radius 3 is 2.57 bits per heavy atom. The number of thiazole rings is 1. The molecule has 0 bridgehead atoms. The number of carboxylic acid groups (broad SMARTS) is 2. The number of carboxylic acids is 2. The third kappa shape index (κ3) is 6.76. The van der Waals surface area contributed by atoms with E-state index in [2.05, 4.69) is 25.9 Å². The fourth-order valence-electron chi connectivity index (χ4n) is 5.22. The number of nitrogens with one attached hydrogen (secondary N) is 2. The summed E-state index contributed by atoms with van der Waals surface area (Å²) in [5.41, 5.74) is 3.20. The van der Waals surface area contributed by atoms with E-state index in [1.165, 1.54) is 36.4 Å². The highest BCUT2D eigenvalue weighted by Crippen LogP contribution is 2.50. The molecular weight excluding hydrogens is 738 g/mol. The standard InChI is InChI=1S/C28H30ClN9O11S2/c1-11-8-37(32-7-6-31-19(41)12-4-5-14(39)18(40)15(12)29)26(48)38(11)28(24(46)47)10-36-21(43)17(22(36)51-28)34-20(42)16(13-9-50-25(30)33-13)35-49-27(2,3)23(44)45/h4-5,7,9,11,17,22,39-40H,6,8,10H2,1-3H3,(H2,30,33)(H,31,41)(H,34,42)(H,44,45)(H,46,47)/b32-7+,35-16-/t11-,17+,22+,28+/m0/s1. The maximum Gasteiger partial charge on any atom is 0.350 e. The van der Waals surface area contributed by atoms with Gasteiger partial charge in [0.1, 0.15) is 17.1 Å². The lowest BCUT2D eigenvalue weighted by Gasteiger charge is -2.41. The molecule has 0 spiro atoms. The van der Waals surface area contributed by atoms with Crippen molar-refractivity contribution in [1.29, 1.82) is 0 Å². The molecular formula is C28H30ClN9O11S2. The number of aromatic hydroxyl groups is 2. The van der Waals surface area contributed by atoms with Crippen LogP contribution in [0.15, 0.2) is 27.8 Å². The van der Waals surface area contributed by atoms with Gasteiger partial charge in [0.05, 0.1) is 36.3 Å². The van der Waals surface area contributed by atoms with E-state index in [-0.39, 0.29) is 34.5 Å². The Morgan fingerprint density at radius 1 is 1.24 bits per heavy atom. The highest BCUT2D eigenvalue weighted by molar-refractivity contribution is 8.02. The van der Waals surface area contributed by atoms with Gasteiger partial charge in [0.2, 0.25) is 16.4 Å². The number of urea groups is 1. The van der Waals surface area contributed by atoms with E-state index in [1.54, 1.807) is 6.92 Å². The number of rotatable bonds is 12. The van der Waals surface area contributed by atoms with Crippen LogP contribution < -0.4 is 16.4 Å². The second-order valence-electron chi connectivity index (χ2n) is 11.8. The lowest BCUT2D eigenvalue weighted by Crippen LogP contribution is -2.68. The van der Waals surface area contributed by atoms with Gasteiger partial charge in [-0.25, -0.2) is 24.4 Å². The molecule has 5 amide bonds. The Labute approximate surface area is 300 Å². The molecule has 0 unspecified atom stereocenters. The summed E-state index contributed by atoms with van der Waals surface area (Å²) in [7, 11) is 0. The van der Waals surface area contributed by atoms with Crippen LogP contribution >= 0.6 is 34.7 Å². The van der Waals surface area contributed by atoms with Crippen LogP contribution in [0.4, 0.5) is 9.93 Å². The first-order valence-corrected chi connectivity index (χ1v) is 16.9. The predicted molar refractivity (Wildman–Crippen MR) is 180 cm³/mol. The van der Waals surface area contributed by atoms with Gasteiger partial charge in [0.25, 0.3) is 11.8 Å². The highest BCUT2D eigenvalue weighted by atomic mass is 35.5. The van der Waals surface area contributed by atoms with Crippen molar-refractivity contribution in [3.8, 4) is 11.5 Å². The molecule has 20 nitrogen and oxygen atoms in total. The van der Waals surface area contributed by atoms with Crippen LogP contribution in [-0.4, -0.2) is 135 Å². The van der Waals surface area contributed by atoms with Crippen molar-refractivity contribution in [2.24, 2.45) is 10.3 Å². The van der Waals surface area contributed by atoms with E-state index < -0.39 is 87.4 Å². The normalized spacial score (nSPS) is 23.3. The summed E-state index contributed by atoms with van der Waals surface area (Å²) in [6.45, 7) is 3.34. The first kappa shape index (κ1) is 36.9. The van der Waals surface area contributed by atoms with Crippen LogP contribution in [0.2, 0.25) is 5.02 Å². The summed E-state index contributed by atoms with van der Waals surface area (Å²) in [5, 5.41) is 53.0. The number of anilines is 1. The van der Waals surface area contributed by atoms with Crippen LogP contribution in [0.3, 0.4) is 0 Å². The fraction of sp³-hybridized carbons (Fsp3) is 0.393. The molecule has 272 valence electrons. The summed E-state index contributed by atoms with van der Waals surface area (Å²) < 4.78 is 0. The highest BCUT2D eigenvalue weighted by Gasteiger charge is 2.67. The van der Waals surface area contributed by atoms with E-state index in [0.717, 1.165) is 39.1 Å². The van der Waals surface area contributed by atoms with Gasteiger partial charge in [-0.2, -0.15) is 5.10 Å². The smallest absolute Gasteiger partial charge is 0.350 e. The molecule has 4 heterocycles. The summed E-state index contributed by atoms with van der Waals surface area (Å²) in [5.74, 6) is -6.30. The van der Waals surface area contributed by atoms with Crippen molar-refractivity contribution in [2.45, 2.75) is 48.7 Å². The number of phenolic OH excluding ortho intramolecular Hbond substituents is 2. The number of hydrogen-bond acceptors (Lipinski definition) is 15. The predicted octanol–water partition coefficient (Wildman–Crippen LogP) is 0.0965. The SMILES string of the molecule is C[C@H]1CN(/N=C/CNC(=O)c2ccc(O)c(O)c2Cl)C(=O)N1[C@]1(C(=O)O)CN2C(=O)[C@@H](NC(=O)/C(=N\OC(C)(C)C(=O)O)c3csc(N)n3)[C@H]2S1. The molecule has 3 aliphatic rings. The van der Waals surface area contributed by atoms with Gasteiger partial charge in [-0.1, -0.05) is 28.5 Å².